The summed E-state index contributed by atoms with van der Waals surface area (Å²) in [5.41, 5.74) is 3.20. The van der Waals surface area contributed by atoms with E-state index in [0.717, 1.165) is 44.5 Å². The van der Waals surface area contributed by atoms with Crippen molar-refractivity contribution in [3.8, 4) is 0 Å². The Labute approximate surface area is 143 Å². The third-order valence-corrected chi connectivity index (χ3v) is 4.80. The number of benzene rings is 1. The molecule has 1 N–H and O–H groups in total. The van der Waals surface area contributed by atoms with Crippen molar-refractivity contribution in [1.82, 2.24) is 10.3 Å². The summed E-state index contributed by atoms with van der Waals surface area (Å²) >= 11 is 0. The van der Waals surface area contributed by atoms with Crippen LogP contribution in [0, 0.1) is 5.92 Å². The summed E-state index contributed by atoms with van der Waals surface area (Å²) in [6.45, 7) is 4.93. The fourth-order valence-electron chi connectivity index (χ4n) is 3.17. The first kappa shape index (κ1) is 16.5. The van der Waals surface area contributed by atoms with Crippen molar-refractivity contribution < 1.29 is 4.79 Å². The number of rotatable bonds is 5. The molecule has 1 aliphatic rings. The van der Waals surface area contributed by atoms with Gasteiger partial charge in [0, 0.05) is 31.4 Å². The van der Waals surface area contributed by atoms with Crippen molar-refractivity contribution in [3.63, 3.8) is 0 Å². The lowest BCUT2D eigenvalue weighted by Crippen LogP contribution is -2.38. The quantitative estimate of drug-likeness (QED) is 0.918. The molecule has 1 aliphatic heterocycles. The van der Waals surface area contributed by atoms with Gasteiger partial charge in [0.1, 0.15) is 0 Å². The van der Waals surface area contributed by atoms with Gasteiger partial charge >= 0.3 is 0 Å². The molecule has 24 heavy (non-hydrogen) atoms. The van der Waals surface area contributed by atoms with Crippen LogP contribution in [0.3, 0.4) is 0 Å². The van der Waals surface area contributed by atoms with E-state index in [9.17, 15) is 4.79 Å². The van der Waals surface area contributed by atoms with Crippen molar-refractivity contribution in [2.24, 2.45) is 5.92 Å². The van der Waals surface area contributed by atoms with E-state index in [2.05, 4.69) is 28.2 Å². The van der Waals surface area contributed by atoms with E-state index in [1.165, 1.54) is 11.3 Å². The van der Waals surface area contributed by atoms with E-state index < -0.39 is 0 Å². The molecule has 0 saturated carbocycles. The summed E-state index contributed by atoms with van der Waals surface area (Å²) in [6.07, 6.45) is 6.92. The fraction of sp³-hybridized carbons (Fsp3) is 0.400. The van der Waals surface area contributed by atoms with Crippen LogP contribution >= 0.6 is 0 Å². The predicted octanol–water partition coefficient (Wildman–Crippen LogP) is 3.29. The highest BCUT2D eigenvalue weighted by atomic mass is 16.1. The number of carbonyl (C=O) groups is 1. The van der Waals surface area contributed by atoms with Gasteiger partial charge in [-0.25, -0.2) is 0 Å². The zero-order valence-electron chi connectivity index (χ0n) is 14.2. The van der Waals surface area contributed by atoms with Gasteiger partial charge in [-0.15, -0.1) is 0 Å². The van der Waals surface area contributed by atoms with Crippen LogP contribution in [0.25, 0.3) is 0 Å². The molecular weight excluding hydrogens is 298 g/mol. The molecule has 0 bridgehead atoms. The first-order valence-electron chi connectivity index (χ1n) is 8.78. The molecule has 4 nitrogen and oxygen atoms in total. The smallest absolute Gasteiger partial charge is 0.251 e. The Morgan fingerprint density at radius 1 is 1.21 bits per heavy atom. The lowest BCUT2D eigenvalue weighted by atomic mass is 9.96. The minimum atomic E-state index is 0.0346. The SMILES string of the molecule is CCc1ccc(C(=O)NCC2CCN(c3cccnc3)CC2)cc1. The van der Waals surface area contributed by atoms with E-state index in [1.807, 2.05) is 36.5 Å². The Morgan fingerprint density at radius 3 is 2.58 bits per heavy atom. The number of amides is 1. The molecule has 1 saturated heterocycles. The Bertz CT molecular complexity index is 646. The summed E-state index contributed by atoms with van der Waals surface area (Å²) < 4.78 is 0. The topological polar surface area (TPSA) is 45.2 Å². The highest BCUT2D eigenvalue weighted by Crippen LogP contribution is 2.22. The standard InChI is InChI=1S/C20H25N3O/c1-2-16-5-7-18(8-6-16)20(24)22-14-17-9-12-23(13-10-17)19-4-3-11-21-15-19/h3-8,11,15,17H,2,9-10,12-14H2,1H3,(H,22,24). The van der Waals surface area contributed by atoms with Crippen molar-refractivity contribution in [2.75, 3.05) is 24.5 Å². The maximum atomic E-state index is 12.2. The number of nitrogens with zero attached hydrogens (tertiary/aromatic N) is 2. The molecule has 0 radical (unpaired) electrons. The number of hydrogen-bond donors (Lipinski definition) is 1. The summed E-state index contributed by atoms with van der Waals surface area (Å²) in [5.74, 6) is 0.587. The van der Waals surface area contributed by atoms with Crippen LogP contribution in [0.15, 0.2) is 48.8 Å². The van der Waals surface area contributed by atoms with E-state index in [-0.39, 0.29) is 5.91 Å². The summed E-state index contributed by atoms with van der Waals surface area (Å²) in [5, 5.41) is 3.09. The van der Waals surface area contributed by atoms with E-state index in [4.69, 9.17) is 0 Å². The number of nitrogens with one attached hydrogen (secondary N) is 1. The zero-order valence-corrected chi connectivity index (χ0v) is 14.2. The molecule has 0 aliphatic carbocycles. The van der Waals surface area contributed by atoms with Crippen LogP contribution < -0.4 is 10.2 Å². The van der Waals surface area contributed by atoms with Crippen LogP contribution in [-0.4, -0.2) is 30.5 Å². The van der Waals surface area contributed by atoms with Gasteiger partial charge in [-0.2, -0.15) is 0 Å². The highest BCUT2D eigenvalue weighted by molar-refractivity contribution is 5.94. The fourth-order valence-corrected chi connectivity index (χ4v) is 3.17. The van der Waals surface area contributed by atoms with Crippen LogP contribution in [0.1, 0.15) is 35.7 Å². The Hall–Kier alpha value is -2.36. The van der Waals surface area contributed by atoms with E-state index in [1.54, 1.807) is 6.20 Å². The molecule has 1 amide bonds. The third kappa shape index (κ3) is 4.13. The normalized spacial score (nSPS) is 15.3. The van der Waals surface area contributed by atoms with Crippen LogP contribution in [-0.2, 0) is 6.42 Å². The molecule has 1 aromatic carbocycles. The summed E-state index contributed by atoms with van der Waals surface area (Å²) in [4.78, 5) is 18.8. The maximum Gasteiger partial charge on any atom is 0.251 e. The number of aromatic nitrogens is 1. The molecular formula is C20H25N3O. The monoisotopic (exact) mass is 323 g/mol. The first-order valence-corrected chi connectivity index (χ1v) is 8.78. The zero-order chi connectivity index (χ0) is 16.8. The van der Waals surface area contributed by atoms with Gasteiger partial charge in [0.05, 0.1) is 11.9 Å². The second-order valence-electron chi connectivity index (χ2n) is 6.40. The number of aryl methyl sites for hydroxylation is 1. The largest absolute Gasteiger partial charge is 0.370 e. The van der Waals surface area contributed by atoms with Crippen LogP contribution in [0.5, 0.6) is 0 Å². The minimum Gasteiger partial charge on any atom is -0.370 e. The molecule has 4 heteroatoms. The van der Waals surface area contributed by atoms with Crippen molar-refractivity contribution in [1.29, 1.82) is 0 Å². The van der Waals surface area contributed by atoms with E-state index in [0.29, 0.717) is 5.92 Å². The molecule has 2 heterocycles. The van der Waals surface area contributed by atoms with Crippen LogP contribution in [0.4, 0.5) is 5.69 Å². The average molecular weight is 323 g/mol. The number of anilines is 1. The van der Waals surface area contributed by atoms with Crippen molar-refractivity contribution >= 4 is 11.6 Å². The van der Waals surface area contributed by atoms with Crippen molar-refractivity contribution in [2.45, 2.75) is 26.2 Å². The first-order chi connectivity index (χ1) is 11.8. The van der Waals surface area contributed by atoms with Gasteiger partial charge in [0.15, 0.2) is 0 Å². The molecule has 3 rings (SSSR count). The summed E-state index contributed by atoms with van der Waals surface area (Å²) in [7, 11) is 0. The number of hydrogen-bond acceptors (Lipinski definition) is 3. The van der Waals surface area contributed by atoms with Gasteiger partial charge in [0.25, 0.3) is 5.91 Å². The van der Waals surface area contributed by atoms with Gasteiger partial charge < -0.3 is 10.2 Å². The molecule has 1 fully saturated rings. The van der Waals surface area contributed by atoms with E-state index >= 15 is 0 Å². The van der Waals surface area contributed by atoms with Crippen LogP contribution in [0.2, 0.25) is 0 Å². The molecule has 0 atom stereocenters. The van der Waals surface area contributed by atoms with Crippen molar-refractivity contribution in [3.05, 3.63) is 59.9 Å². The van der Waals surface area contributed by atoms with Gasteiger partial charge in [-0.1, -0.05) is 19.1 Å². The average Bonchev–Trinajstić information content (AvgIpc) is 2.67. The summed E-state index contributed by atoms with van der Waals surface area (Å²) in [6, 6.07) is 12.0. The lowest BCUT2D eigenvalue weighted by Gasteiger charge is -2.33. The second kappa shape index (κ2) is 7.95. The Morgan fingerprint density at radius 2 is 1.96 bits per heavy atom. The van der Waals surface area contributed by atoms with Gasteiger partial charge in [-0.3, -0.25) is 9.78 Å². The minimum absolute atomic E-state index is 0.0346. The molecule has 126 valence electrons. The molecule has 1 aromatic heterocycles. The molecule has 0 unspecified atom stereocenters. The number of carbonyl (C=O) groups excluding carboxylic acids is 1. The number of pyridine rings is 1. The molecule has 0 spiro atoms. The second-order valence-corrected chi connectivity index (χ2v) is 6.40. The Balaban J connectivity index is 1.45. The van der Waals surface area contributed by atoms with Gasteiger partial charge in [0.2, 0.25) is 0 Å². The number of piperidine rings is 1. The Kier molecular flexibility index (Phi) is 5.47. The third-order valence-electron chi connectivity index (χ3n) is 4.80. The highest BCUT2D eigenvalue weighted by Gasteiger charge is 2.20. The lowest BCUT2D eigenvalue weighted by molar-refractivity contribution is 0.0945. The molecule has 2 aromatic rings. The maximum absolute atomic E-state index is 12.2. The predicted molar refractivity (Wildman–Crippen MR) is 97.3 cm³/mol. The van der Waals surface area contributed by atoms with Gasteiger partial charge in [-0.05, 0) is 55.0 Å².